The fourth-order valence-electron chi connectivity index (χ4n) is 6.50. The summed E-state index contributed by atoms with van der Waals surface area (Å²) in [6.45, 7) is 6.02. The van der Waals surface area contributed by atoms with Crippen LogP contribution in [0.3, 0.4) is 0 Å². The highest BCUT2D eigenvalue weighted by Gasteiger charge is 2.59. The molecule has 0 saturated heterocycles. The van der Waals surface area contributed by atoms with Crippen LogP contribution in [0.1, 0.15) is 59.3 Å². The standard InChI is InChI=1S/C21H28O3/c1-12(22)16-6-7-17-15-5-4-13-10-14(23)8-9-20(13,2)18(15)11-19(24)21(16,17)3/h6-7,13,15,18-19,24H,4-5,8-11H2,1-3H3. The molecule has 6 unspecified atom stereocenters. The molecule has 24 heavy (non-hydrogen) atoms. The second kappa shape index (κ2) is 5.14. The fraction of sp³-hybridized carbons (Fsp3) is 0.714. The largest absolute Gasteiger partial charge is 0.392 e. The Kier molecular flexibility index (Phi) is 3.48. The monoisotopic (exact) mass is 328 g/mol. The average Bonchev–Trinajstić information content (AvgIpc) is 2.88. The van der Waals surface area contributed by atoms with Gasteiger partial charge < -0.3 is 5.11 Å². The zero-order chi connectivity index (χ0) is 17.3. The number of carbonyl (C=O) groups excluding carboxylic acids is 2. The van der Waals surface area contributed by atoms with Gasteiger partial charge in [-0.25, -0.2) is 0 Å². The molecule has 0 spiro atoms. The third kappa shape index (κ3) is 1.94. The maximum Gasteiger partial charge on any atom is 0.156 e. The predicted octanol–water partition coefficient (Wildman–Crippen LogP) is 3.61. The lowest BCUT2D eigenvalue weighted by Gasteiger charge is -2.59. The van der Waals surface area contributed by atoms with Crippen molar-refractivity contribution in [3.05, 3.63) is 23.3 Å². The zero-order valence-electron chi connectivity index (χ0n) is 15.0. The first kappa shape index (κ1) is 16.3. The molecule has 6 atom stereocenters. The summed E-state index contributed by atoms with van der Waals surface area (Å²) in [5.74, 6) is 1.83. The Bertz CT molecular complexity index is 673. The highest BCUT2D eigenvalue weighted by molar-refractivity contribution is 5.97. The van der Waals surface area contributed by atoms with E-state index in [0.717, 1.165) is 37.7 Å². The van der Waals surface area contributed by atoms with Crippen LogP contribution in [0.15, 0.2) is 23.3 Å². The molecule has 0 radical (unpaired) electrons. The quantitative estimate of drug-likeness (QED) is 0.800. The number of hydrogen-bond acceptors (Lipinski definition) is 3. The van der Waals surface area contributed by atoms with Gasteiger partial charge in [0.05, 0.1) is 6.10 Å². The van der Waals surface area contributed by atoms with Crippen LogP contribution < -0.4 is 0 Å². The number of rotatable bonds is 1. The van der Waals surface area contributed by atoms with E-state index in [1.165, 1.54) is 5.57 Å². The van der Waals surface area contributed by atoms with Crippen LogP contribution in [0.5, 0.6) is 0 Å². The fourth-order valence-corrected chi connectivity index (χ4v) is 6.50. The topological polar surface area (TPSA) is 54.4 Å². The van der Waals surface area contributed by atoms with E-state index in [1.54, 1.807) is 6.92 Å². The van der Waals surface area contributed by atoms with Gasteiger partial charge >= 0.3 is 0 Å². The second-order valence-corrected chi connectivity index (χ2v) is 8.95. The molecule has 4 aliphatic rings. The number of carbonyl (C=O) groups is 2. The molecule has 3 fully saturated rings. The van der Waals surface area contributed by atoms with Crippen molar-refractivity contribution < 1.29 is 14.7 Å². The number of hydrogen-bond donors (Lipinski definition) is 1. The smallest absolute Gasteiger partial charge is 0.156 e. The molecule has 130 valence electrons. The van der Waals surface area contributed by atoms with Crippen LogP contribution in [0.25, 0.3) is 0 Å². The number of aliphatic hydroxyl groups excluding tert-OH is 1. The Labute approximate surface area is 144 Å². The summed E-state index contributed by atoms with van der Waals surface area (Å²) >= 11 is 0. The summed E-state index contributed by atoms with van der Waals surface area (Å²) < 4.78 is 0. The van der Waals surface area contributed by atoms with E-state index in [1.807, 2.05) is 6.08 Å². The highest BCUT2D eigenvalue weighted by atomic mass is 16.3. The van der Waals surface area contributed by atoms with Gasteiger partial charge in [-0.15, -0.1) is 0 Å². The third-order valence-electron chi connectivity index (χ3n) is 8.02. The summed E-state index contributed by atoms with van der Waals surface area (Å²) in [6.07, 6.45) is 8.88. The average molecular weight is 328 g/mol. The Hall–Kier alpha value is -1.22. The van der Waals surface area contributed by atoms with Crippen molar-refractivity contribution in [1.29, 1.82) is 0 Å². The van der Waals surface area contributed by atoms with Gasteiger partial charge in [0.15, 0.2) is 5.78 Å². The first-order chi connectivity index (χ1) is 11.3. The van der Waals surface area contributed by atoms with Crippen LogP contribution in [0, 0.1) is 28.6 Å². The lowest BCUT2D eigenvalue weighted by molar-refractivity contribution is -0.134. The molecular weight excluding hydrogens is 300 g/mol. The Morgan fingerprint density at radius 1 is 1.25 bits per heavy atom. The van der Waals surface area contributed by atoms with E-state index in [9.17, 15) is 14.7 Å². The van der Waals surface area contributed by atoms with Crippen molar-refractivity contribution in [2.75, 3.05) is 0 Å². The normalized spacial score (nSPS) is 47.2. The van der Waals surface area contributed by atoms with Crippen molar-refractivity contribution in [3.8, 4) is 0 Å². The molecule has 1 N–H and O–H groups in total. The molecule has 0 aromatic carbocycles. The zero-order valence-corrected chi connectivity index (χ0v) is 15.0. The molecule has 0 aromatic heterocycles. The minimum absolute atomic E-state index is 0.0735. The van der Waals surface area contributed by atoms with E-state index < -0.39 is 11.5 Å². The first-order valence-electron chi connectivity index (χ1n) is 9.42. The molecule has 4 aliphatic carbocycles. The summed E-state index contributed by atoms with van der Waals surface area (Å²) in [4.78, 5) is 24.0. The van der Waals surface area contributed by atoms with Crippen molar-refractivity contribution in [2.24, 2.45) is 28.6 Å². The van der Waals surface area contributed by atoms with E-state index in [4.69, 9.17) is 0 Å². The highest BCUT2D eigenvalue weighted by Crippen LogP contribution is 2.64. The summed E-state index contributed by atoms with van der Waals surface area (Å²) in [6, 6.07) is 0. The lowest BCUT2D eigenvalue weighted by atomic mass is 9.45. The Morgan fingerprint density at radius 3 is 2.71 bits per heavy atom. The van der Waals surface area contributed by atoms with E-state index in [-0.39, 0.29) is 11.2 Å². The number of Topliss-reactive ketones (excluding diaryl/α,β-unsaturated/α-hetero) is 2. The van der Waals surface area contributed by atoms with Crippen molar-refractivity contribution in [1.82, 2.24) is 0 Å². The molecule has 3 nitrogen and oxygen atoms in total. The van der Waals surface area contributed by atoms with Crippen LogP contribution in [0.4, 0.5) is 0 Å². The van der Waals surface area contributed by atoms with E-state index >= 15 is 0 Å². The van der Waals surface area contributed by atoms with Crippen LogP contribution >= 0.6 is 0 Å². The van der Waals surface area contributed by atoms with Gasteiger partial charge in [0, 0.05) is 23.8 Å². The first-order valence-corrected chi connectivity index (χ1v) is 9.42. The summed E-state index contributed by atoms with van der Waals surface area (Å²) in [5, 5.41) is 11.1. The van der Waals surface area contributed by atoms with Gasteiger partial charge in [-0.2, -0.15) is 0 Å². The summed E-state index contributed by atoms with van der Waals surface area (Å²) in [7, 11) is 0. The van der Waals surface area contributed by atoms with Crippen molar-refractivity contribution in [2.45, 2.75) is 65.4 Å². The van der Waals surface area contributed by atoms with Gasteiger partial charge in [-0.3, -0.25) is 9.59 Å². The molecule has 3 heteroatoms. The molecule has 3 saturated carbocycles. The maximum atomic E-state index is 12.1. The second-order valence-electron chi connectivity index (χ2n) is 8.95. The third-order valence-corrected chi connectivity index (χ3v) is 8.02. The number of aliphatic hydroxyl groups is 1. The van der Waals surface area contributed by atoms with Crippen molar-refractivity contribution in [3.63, 3.8) is 0 Å². The molecule has 0 aliphatic heterocycles. The van der Waals surface area contributed by atoms with Gasteiger partial charge in [-0.05, 0) is 62.7 Å². The van der Waals surface area contributed by atoms with E-state index in [0.29, 0.717) is 30.0 Å². The maximum absolute atomic E-state index is 12.1. The van der Waals surface area contributed by atoms with Gasteiger partial charge in [-0.1, -0.05) is 24.6 Å². The van der Waals surface area contributed by atoms with Crippen LogP contribution in [-0.2, 0) is 9.59 Å². The van der Waals surface area contributed by atoms with Gasteiger partial charge in [0.1, 0.15) is 5.78 Å². The van der Waals surface area contributed by atoms with Gasteiger partial charge in [0.25, 0.3) is 0 Å². The molecule has 4 rings (SSSR count). The SMILES string of the molecule is CC(=O)C1=CC=C2C3CCC4CC(=O)CCC4(C)C3CC(O)C12C. The number of ketones is 2. The minimum atomic E-state index is -0.504. The number of fused-ring (bicyclic) bond motifs is 5. The van der Waals surface area contributed by atoms with Crippen LogP contribution in [0.2, 0.25) is 0 Å². The van der Waals surface area contributed by atoms with Gasteiger partial charge in [0.2, 0.25) is 0 Å². The van der Waals surface area contributed by atoms with Crippen LogP contribution in [-0.4, -0.2) is 22.8 Å². The van der Waals surface area contributed by atoms with Crippen molar-refractivity contribution >= 4 is 11.6 Å². The predicted molar refractivity (Wildman–Crippen MR) is 92.2 cm³/mol. The Balaban J connectivity index is 1.71. The summed E-state index contributed by atoms with van der Waals surface area (Å²) in [5.41, 5.74) is 1.70. The lowest BCUT2D eigenvalue weighted by Crippen LogP contribution is -2.55. The van der Waals surface area contributed by atoms with E-state index in [2.05, 4.69) is 19.9 Å². The molecular formula is C21H28O3. The minimum Gasteiger partial charge on any atom is -0.392 e. The molecule has 0 heterocycles. The molecule has 0 bridgehead atoms. The molecule has 0 amide bonds. The number of allylic oxidation sites excluding steroid dienone is 2. The molecule has 0 aromatic rings. The Morgan fingerprint density at radius 2 is 2.00 bits per heavy atom.